The number of pyridine rings is 1. The summed E-state index contributed by atoms with van der Waals surface area (Å²) in [6.45, 7) is 1.63. The van der Waals surface area contributed by atoms with Gasteiger partial charge in [-0.25, -0.2) is 4.68 Å². The summed E-state index contributed by atoms with van der Waals surface area (Å²) in [6.07, 6.45) is 7.32. The monoisotopic (exact) mass is 357 g/mol. The third kappa shape index (κ3) is 4.22. The Morgan fingerprint density at radius 1 is 1.39 bits per heavy atom. The minimum Gasteiger partial charge on any atom is -0.333 e. The summed E-state index contributed by atoms with van der Waals surface area (Å²) in [5, 5.41) is 7.33. The van der Waals surface area contributed by atoms with Crippen molar-refractivity contribution >= 4 is 30.7 Å². The van der Waals surface area contributed by atoms with Crippen LogP contribution >= 0.6 is 24.8 Å². The molecular weight excluding hydrogens is 337 g/mol. The van der Waals surface area contributed by atoms with Gasteiger partial charge in [0.2, 0.25) is 0 Å². The maximum atomic E-state index is 12.7. The highest BCUT2D eigenvalue weighted by molar-refractivity contribution is 5.93. The van der Waals surface area contributed by atoms with Crippen molar-refractivity contribution in [1.29, 1.82) is 0 Å². The lowest BCUT2D eigenvalue weighted by atomic mass is 10.2. The summed E-state index contributed by atoms with van der Waals surface area (Å²) in [5.41, 5.74) is 1.33. The van der Waals surface area contributed by atoms with E-state index in [-0.39, 0.29) is 36.8 Å². The molecule has 2 aromatic heterocycles. The van der Waals surface area contributed by atoms with Crippen molar-refractivity contribution in [3.05, 3.63) is 42.5 Å². The van der Waals surface area contributed by atoms with Gasteiger partial charge in [-0.1, -0.05) is 0 Å². The zero-order valence-electron chi connectivity index (χ0n) is 12.9. The maximum absolute atomic E-state index is 12.7. The fourth-order valence-electron chi connectivity index (χ4n) is 2.80. The van der Waals surface area contributed by atoms with E-state index in [2.05, 4.69) is 15.4 Å². The van der Waals surface area contributed by atoms with E-state index < -0.39 is 0 Å². The summed E-state index contributed by atoms with van der Waals surface area (Å²) in [7, 11) is 1.91. The zero-order valence-corrected chi connectivity index (χ0v) is 14.5. The van der Waals surface area contributed by atoms with Crippen molar-refractivity contribution in [3.8, 4) is 5.69 Å². The van der Waals surface area contributed by atoms with Crippen LogP contribution in [0.1, 0.15) is 23.3 Å². The van der Waals surface area contributed by atoms with Crippen LogP contribution in [0.5, 0.6) is 0 Å². The molecule has 6 nitrogen and oxygen atoms in total. The third-order valence-electron chi connectivity index (χ3n) is 3.81. The zero-order chi connectivity index (χ0) is 14.7. The van der Waals surface area contributed by atoms with Crippen LogP contribution < -0.4 is 5.32 Å². The molecule has 8 heteroatoms. The molecule has 0 bridgehead atoms. The van der Waals surface area contributed by atoms with Gasteiger partial charge in [0.1, 0.15) is 5.69 Å². The predicted octanol–water partition coefficient (Wildman–Crippen LogP) is 1.93. The highest BCUT2D eigenvalue weighted by Gasteiger charge is 2.29. The lowest BCUT2D eigenvalue weighted by molar-refractivity contribution is 0.0731. The molecule has 1 amide bonds. The molecule has 0 spiro atoms. The fraction of sp³-hybridized carbons (Fsp3) is 0.400. The Kier molecular flexibility index (Phi) is 7.48. The average Bonchev–Trinajstić information content (AvgIpc) is 3.18. The normalized spacial score (nSPS) is 16.6. The summed E-state index contributed by atoms with van der Waals surface area (Å²) in [4.78, 5) is 18.8. The van der Waals surface area contributed by atoms with Gasteiger partial charge < -0.3 is 10.2 Å². The number of nitrogens with one attached hydrogen (secondary N) is 1. The Balaban J connectivity index is 0.00000132. The number of likely N-dealkylation sites (N-methyl/N-ethyl adjacent to an activating group) is 1. The molecule has 23 heavy (non-hydrogen) atoms. The molecule has 1 N–H and O–H groups in total. The molecule has 1 atom stereocenters. The number of carbonyl (C=O) groups is 1. The number of rotatable bonds is 4. The van der Waals surface area contributed by atoms with Crippen LogP contribution in [0, 0.1) is 0 Å². The summed E-state index contributed by atoms with van der Waals surface area (Å²) in [6, 6.07) is 5.76. The van der Waals surface area contributed by atoms with Gasteiger partial charge in [0.15, 0.2) is 0 Å². The van der Waals surface area contributed by atoms with Gasteiger partial charge in [0.25, 0.3) is 5.91 Å². The number of nitrogens with zero attached hydrogens (tertiary/aromatic N) is 4. The van der Waals surface area contributed by atoms with Gasteiger partial charge >= 0.3 is 0 Å². The van der Waals surface area contributed by atoms with Gasteiger partial charge in [-0.3, -0.25) is 9.78 Å². The molecule has 1 aliphatic heterocycles. The van der Waals surface area contributed by atoms with E-state index in [4.69, 9.17) is 0 Å². The van der Waals surface area contributed by atoms with E-state index in [0.29, 0.717) is 5.69 Å². The van der Waals surface area contributed by atoms with E-state index in [1.165, 1.54) is 0 Å². The van der Waals surface area contributed by atoms with E-state index >= 15 is 0 Å². The average molecular weight is 358 g/mol. The molecule has 1 aliphatic rings. The van der Waals surface area contributed by atoms with E-state index in [0.717, 1.165) is 31.6 Å². The Hall–Kier alpha value is -1.63. The second kappa shape index (κ2) is 8.86. The molecule has 2 aromatic rings. The van der Waals surface area contributed by atoms with E-state index in [1.807, 2.05) is 30.3 Å². The second-order valence-electron chi connectivity index (χ2n) is 5.20. The van der Waals surface area contributed by atoms with Gasteiger partial charge in [0, 0.05) is 37.7 Å². The topological polar surface area (TPSA) is 63.1 Å². The molecule has 0 saturated carbocycles. The first-order chi connectivity index (χ1) is 10.3. The summed E-state index contributed by atoms with van der Waals surface area (Å²) >= 11 is 0. The van der Waals surface area contributed by atoms with Gasteiger partial charge in [-0.05, 0) is 38.1 Å². The first-order valence-corrected chi connectivity index (χ1v) is 7.21. The van der Waals surface area contributed by atoms with Crippen molar-refractivity contribution < 1.29 is 4.79 Å². The molecule has 0 aliphatic carbocycles. The molecule has 3 rings (SSSR count). The standard InChI is InChI=1S/C15H19N5O.2ClH/c1-16-11-13-4-2-8-19(13)15(21)14-10-12(5-7-17-14)20-9-3-6-18-20;;/h3,5-7,9-10,13,16H,2,4,8,11H2,1H3;2*1H. The Bertz CT molecular complexity index is 620. The quantitative estimate of drug-likeness (QED) is 0.907. The van der Waals surface area contributed by atoms with Crippen LogP contribution in [0.25, 0.3) is 5.69 Å². The van der Waals surface area contributed by atoms with Crippen molar-refractivity contribution in [2.24, 2.45) is 0 Å². The first-order valence-electron chi connectivity index (χ1n) is 7.21. The van der Waals surface area contributed by atoms with Crippen LogP contribution in [0.2, 0.25) is 0 Å². The number of likely N-dealkylation sites (tertiary alicyclic amines) is 1. The van der Waals surface area contributed by atoms with Crippen LogP contribution in [0.15, 0.2) is 36.8 Å². The lowest BCUT2D eigenvalue weighted by Gasteiger charge is -2.24. The largest absolute Gasteiger partial charge is 0.333 e. The number of carbonyl (C=O) groups excluding carboxylic acids is 1. The minimum atomic E-state index is 0. The SMILES string of the molecule is CNCC1CCCN1C(=O)c1cc(-n2cccn2)ccn1.Cl.Cl. The van der Waals surface area contributed by atoms with Crippen LogP contribution in [0.3, 0.4) is 0 Å². The van der Waals surface area contributed by atoms with Crippen LogP contribution in [-0.4, -0.2) is 51.8 Å². The highest BCUT2D eigenvalue weighted by Crippen LogP contribution is 2.19. The molecular formula is C15H21Cl2N5O. The number of halogens is 2. The molecule has 1 fully saturated rings. The molecule has 0 aromatic carbocycles. The number of hydrogen-bond donors (Lipinski definition) is 1. The van der Waals surface area contributed by atoms with Gasteiger partial charge in [-0.15, -0.1) is 24.8 Å². The first kappa shape index (κ1) is 19.4. The smallest absolute Gasteiger partial charge is 0.272 e. The summed E-state index contributed by atoms with van der Waals surface area (Å²) < 4.78 is 1.73. The Morgan fingerprint density at radius 2 is 2.22 bits per heavy atom. The van der Waals surface area contributed by atoms with Gasteiger partial charge in [0.05, 0.1) is 5.69 Å². The second-order valence-corrected chi connectivity index (χ2v) is 5.20. The van der Waals surface area contributed by atoms with Crippen molar-refractivity contribution in [2.45, 2.75) is 18.9 Å². The molecule has 0 radical (unpaired) electrons. The van der Waals surface area contributed by atoms with Crippen molar-refractivity contribution in [2.75, 3.05) is 20.1 Å². The van der Waals surface area contributed by atoms with E-state index in [1.54, 1.807) is 23.1 Å². The van der Waals surface area contributed by atoms with Crippen molar-refractivity contribution in [1.82, 2.24) is 25.0 Å². The summed E-state index contributed by atoms with van der Waals surface area (Å²) in [5.74, 6) is 0.00163. The van der Waals surface area contributed by atoms with Crippen molar-refractivity contribution in [3.63, 3.8) is 0 Å². The van der Waals surface area contributed by atoms with Gasteiger partial charge in [-0.2, -0.15) is 5.10 Å². The maximum Gasteiger partial charge on any atom is 0.272 e. The van der Waals surface area contributed by atoms with E-state index in [9.17, 15) is 4.79 Å². The Labute approximate surface area is 148 Å². The molecule has 3 heterocycles. The minimum absolute atomic E-state index is 0. The lowest BCUT2D eigenvalue weighted by Crippen LogP contribution is -2.41. The number of amides is 1. The van der Waals surface area contributed by atoms with Crippen LogP contribution in [-0.2, 0) is 0 Å². The molecule has 126 valence electrons. The third-order valence-corrected chi connectivity index (χ3v) is 3.81. The number of aromatic nitrogens is 3. The molecule has 1 saturated heterocycles. The fourth-order valence-corrected chi connectivity index (χ4v) is 2.80. The molecule has 1 unspecified atom stereocenters. The predicted molar refractivity (Wildman–Crippen MR) is 93.8 cm³/mol. The van der Waals surface area contributed by atoms with Crippen LogP contribution in [0.4, 0.5) is 0 Å². The number of hydrogen-bond acceptors (Lipinski definition) is 4. The highest BCUT2D eigenvalue weighted by atomic mass is 35.5. The Morgan fingerprint density at radius 3 is 2.91 bits per heavy atom.